The van der Waals surface area contributed by atoms with Crippen LogP contribution in [0.2, 0.25) is 0 Å². The van der Waals surface area contributed by atoms with Gasteiger partial charge in [0, 0.05) is 40.1 Å². The fraction of sp³-hybridized carbons (Fsp3) is 0.615. The first-order valence-electron chi connectivity index (χ1n) is 6.73. The number of sulfonamides is 1. The Kier molecular flexibility index (Phi) is 6.38. The molecule has 21 heavy (non-hydrogen) atoms. The lowest BCUT2D eigenvalue weighted by Crippen LogP contribution is -2.28. The van der Waals surface area contributed by atoms with Crippen LogP contribution in [0, 0.1) is 0 Å². The number of hydrogen-bond donors (Lipinski definition) is 1. The Hall–Kier alpha value is -1.38. The van der Waals surface area contributed by atoms with Crippen LogP contribution in [0.4, 0.5) is 0 Å². The Morgan fingerprint density at radius 2 is 2.14 bits per heavy atom. The van der Waals surface area contributed by atoms with Gasteiger partial charge in [0.15, 0.2) is 0 Å². The monoisotopic (exact) mass is 318 g/mol. The van der Waals surface area contributed by atoms with E-state index >= 15 is 0 Å². The minimum Gasteiger partial charge on any atom is -0.477 e. The third kappa shape index (κ3) is 4.29. The second kappa shape index (κ2) is 7.58. The van der Waals surface area contributed by atoms with E-state index in [9.17, 15) is 13.2 Å². The van der Waals surface area contributed by atoms with Gasteiger partial charge in [-0.2, -0.15) is 0 Å². The van der Waals surface area contributed by atoms with Gasteiger partial charge in [-0.15, -0.1) is 0 Å². The number of ether oxygens (including phenoxy) is 1. The van der Waals surface area contributed by atoms with E-state index in [0.717, 1.165) is 6.42 Å². The highest BCUT2D eigenvalue weighted by Crippen LogP contribution is 2.19. The van der Waals surface area contributed by atoms with Crippen LogP contribution in [0.1, 0.15) is 30.3 Å². The molecule has 0 aliphatic carbocycles. The largest absolute Gasteiger partial charge is 0.477 e. The Morgan fingerprint density at radius 1 is 1.48 bits per heavy atom. The maximum Gasteiger partial charge on any atom is 0.352 e. The van der Waals surface area contributed by atoms with Gasteiger partial charge in [-0.3, -0.25) is 0 Å². The maximum atomic E-state index is 12.4. The normalized spacial score (nSPS) is 12.0. The highest BCUT2D eigenvalue weighted by atomic mass is 32.2. The van der Waals surface area contributed by atoms with Crippen LogP contribution in [0.25, 0.3) is 0 Å². The standard InChI is InChI=1S/C13H22N2O5S/c1-4-6-15-10-11(9-12(15)13(16)17)21(18,19)14(2)7-5-8-20-3/h9-10H,4-8H2,1-3H3,(H,16,17). The van der Waals surface area contributed by atoms with E-state index in [2.05, 4.69) is 0 Å². The quantitative estimate of drug-likeness (QED) is 0.692. The molecule has 0 aromatic carbocycles. The molecule has 0 aliphatic rings. The average molecular weight is 318 g/mol. The number of aromatic carboxylic acids is 1. The number of rotatable bonds is 9. The summed E-state index contributed by atoms with van der Waals surface area (Å²) in [6, 6.07) is 1.21. The number of aromatic nitrogens is 1. The Labute approximate surface area is 125 Å². The summed E-state index contributed by atoms with van der Waals surface area (Å²) >= 11 is 0. The van der Waals surface area contributed by atoms with Crippen LogP contribution in [0.5, 0.6) is 0 Å². The minimum absolute atomic E-state index is 0.00765. The van der Waals surface area contributed by atoms with Crippen molar-refractivity contribution in [3.8, 4) is 0 Å². The summed E-state index contributed by atoms with van der Waals surface area (Å²) in [5, 5.41) is 9.14. The number of nitrogens with zero attached hydrogens (tertiary/aromatic N) is 2. The SMILES string of the molecule is CCCn1cc(S(=O)(=O)N(C)CCCOC)cc1C(=O)O. The van der Waals surface area contributed by atoms with Crippen molar-refractivity contribution in [2.45, 2.75) is 31.2 Å². The molecule has 0 atom stereocenters. The van der Waals surface area contributed by atoms with Gasteiger partial charge in [0.1, 0.15) is 10.6 Å². The molecule has 7 nitrogen and oxygen atoms in total. The second-order valence-corrected chi connectivity index (χ2v) is 6.78. The van der Waals surface area contributed by atoms with Crippen LogP contribution in [-0.4, -0.2) is 55.7 Å². The van der Waals surface area contributed by atoms with Gasteiger partial charge in [0.05, 0.1) is 0 Å². The van der Waals surface area contributed by atoms with Gasteiger partial charge >= 0.3 is 5.97 Å². The third-order valence-corrected chi connectivity index (χ3v) is 4.91. The molecule has 1 N–H and O–H groups in total. The van der Waals surface area contributed by atoms with Crippen LogP contribution in [0.15, 0.2) is 17.2 Å². The van der Waals surface area contributed by atoms with Crippen molar-refractivity contribution in [3.63, 3.8) is 0 Å². The summed E-state index contributed by atoms with van der Waals surface area (Å²) in [5.74, 6) is -1.13. The van der Waals surface area contributed by atoms with E-state index in [0.29, 0.717) is 26.1 Å². The number of methoxy groups -OCH3 is 1. The van der Waals surface area contributed by atoms with Crippen molar-refractivity contribution < 1.29 is 23.1 Å². The fourth-order valence-corrected chi connectivity index (χ4v) is 3.21. The van der Waals surface area contributed by atoms with Crippen LogP contribution < -0.4 is 0 Å². The van der Waals surface area contributed by atoms with E-state index in [-0.39, 0.29) is 10.6 Å². The maximum absolute atomic E-state index is 12.4. The van der Waals surface area contributed by atoms with Crippen LogP contribution in [0.3, 0.4) is 0 Å². The first-order chi connectivity index (χ1) is 9.84. The number of carboxylic acids is 1. The first kappa shape index (κ1) is 17.7. The smallest absolute Gasteiger partial charge is 0.352 e. The van der Waals surface area contributed by atoms with Crippen molar-refractivity contribution >= 4 is 16.0 Å². The molecule has 1 aromatic heterocycles. The van der Waals surface area contributed by atoms with Crippen molar-refractivity contribution in [1.29, 1.82) is 0 Å². The molecule has 0 aliphatic heterocycles. The number of hydrogen-bond acceptors (Lipinski definition) is 4. The van der Waals surface area contributed by atoms with Crippen LogP contribution in [-0.2, 0) is 21.3 Å². The van der Waals surface area contributed by atoms with E-state index < -0.39 is 16.0 Å². The zero-order valence-corrected chi connectivity index (χ0v) is 13.4. The first-order valence-corrected chi connectivity index (χ1v) is 8.17. The van der Waals surface area contributed by atoms with E-state index in [1.54, 1.807) is 7.11 Å². The molecule has 0 fully saturated rings. The van der Waals surface area contributed by atoms with E-state index in [1.165, 1.54) is 28.2 Å². The summed E-state index contributed by atoms with van der Waals surface area (Å²) in [5.41, 5.74) is -0.0132. The lowest BCUT2D eigenvalue weighted by atomic mass is 10.4. The molecule has 8 heteroatoms. The molecule has 0 radical (unpaired) electrons. The van der Waals surface area contributed by atoms with Crippen LogP contribution >= 0.6 is 0 Å². The van der Waals surface area contributed by atoms with Crippen molar-refractivity contribution in [3.05, 3.63) is 18.0 Å². The van der Waals surface area contributed by atoms with Crippen molar-refractivity contribution in [2.75, 3.05) is 27.3 Å². The topological polar surface area (TPSA) is 88.8 Å². The fourth-order valence-electron chi connectivity index (χ4n) is 1.96. The minimum atomic E-state index is -3.68. The molecule has 0 unspecified atom stereocenters. The van der Waals surface area contributed by atoms with Gasteiger partial charge < -0.3 is 14.4 Å². The number of carbonyl (C=O) groups is 1. The Bertz CT molecular complexity index is 579. The molecule has 0 amide bonds. The van der Waals surface area contributed by atoms with E-state index in [4.69, 9.17) is 9.84 Å². The van der Waals surface area contributed by atoms with Gasteiger partial charge in [0.2, 0.25) is 10.0 Å². The predicted molar refractivity (Wildman–Crippen MR) is 78.0 cm³/mol. The molecule has 0 spiro atoms. The average Bonchev–Trinajstić information content (AvgIpc) is 2.84. The predicted octanol–water partition coefficient (Wildman–Crippen LogP) is 1.25. The van der Waals surface area contributed by atoms with E-state index in [1.807, 2.05) is 6.92 Å². The zero-order valence-electron chi connectivity index (χ0n) is 12.6. The molecule has 0 saturated heterocycles. The lowest BCUT2D eigenvalue weighted by Gasteiger charge is -2.15. The summed E-state index contributed by atoms with van der Waals surface area (Å²) in [7, 11) is -0.650. The molecule has 120 valence electrons. The molecule has 1 rings (SSSR count). The summed E-state index contributed by atoms with van der Waals surface area (Å²) < 4.78 is 32.4. The highest BCUT2D eigenvalue weighted by Gasteiger charge is 2.25. The molecular formula is C13H22N2O5S. The van der Waals surface area contributed by atoms with Gasteiger partial charge in [0.25, 0.3) is 0 Å². The van der Waals surface area contributed by atoms with Gasteiger partial charge in [-0.05, 0) is 18.9 Å². The molecule has 1 heterocycles. The summed E-state index contributed by atoms with van der Waals surface area (Å²) in [6.07, 6.45) is 2.68. The lowest BCUT2D eigenvalue weighted by molar-refractivity contribution is 0.0685. The zero-order chi connectivity index (χ0) is 16.0. The highest BCUT2D eigenvalue weighted by molar-refractivity contribution is 7.89. The third-order valence-electron chi connectivity index (χ3n) is 3.08. The van der Waals surface area contributed by atoms with Crippen molar-refractivity contribution in [2.24, 2.45) is 0 Å². The summed E-state index contributed by atoms with van der Waals surface area (Å²) in [4.78, 5) is 11.2. The molecular weight excluding hydrogens is 296 g/mol. The molecule has 1 aromatic rings. The number of aryl methyl sites for hydroxylation is 1. The Balaban J connectivity index is 3.02. The Morgan fingerprint density at radius 3 is 2.67 bits per heavy atom. The summed E-state index contributed by atoms with van der Waals surface area (Å²) in [6.45, 7) is 3.15. The number of carboxylic acid groups (broad SMARTS) is 1. The second-order valence-electron chi connectivity index (χ2n) is 4.73. The molecule has 0 bridgehead atoms. The van der Waals surface area contributed by atoms with Crippen molar-refractivity contribution in [1.82, 2.24) is 8.87 Å². The van der Waals surface area contributed by atoms with Gasteiger partial charge in [-0.25, -0.2) is 17.5 Å². The van der Waals surface area contributed by atoms with Gasteiger partial charge in [-0.1, -0.05) is 6.92 Å². The molecule has 0 saturated carbocycles.